The third-order valence-electron chi connectivity index (χ3n) is 3.66. The summed E-state index contributed by atoms with van der Waals surface area (Å²) in [7, 11) is -3.24. The van der Waals surface area contributed by atoms with Crippen molar-refractivity contribution < 1.29 is 8.42 Å². The molecule has 1 aromatic carbocycles. The molecule has 0 amide bonds. The van der Waals surface area contributed by atoms with Gasteiger partial charge in [-0.25, -0.2) is 8.42 Å². The van der Waals surface area contributed by atoms with Crippen LogP contribution in [0.1, 0.15) is 5.69 Å². The molecule has 0 N–H and O–H groups in total. The predicted octanol–water partition coefficient (Wildman–Crippen LogP) is 4.18. The number of hydrogen-bond donors (Lipinski definition) is 0. The van der Waals surface area contributed by atoms with E-state index in [0.29, 0.717) is 10.7 Å². The van der Waals surface area contributed by atoms with Gasteiger partial charge in [0.25, 0.3) is 0 Å². The zero-order valence-corrected chi connectivity index (χ0v) is 14.8. The standard InChI is InChI=1S/C18H15ClN2O2S/c1-12-3-4-14(11-21-12)18-17(16(19)9-10-20-18)13-5-7-15(8-6-13)24(2,22)23/h3-11H,1-2H3. The smallest absolute Gasteiger partial charge is 0.175 e. The van der Waals surface area contributed by atoms with E-state index in [1.54, 1.807) is 42.7 Å². The van der Waals surface area contributed by atoms with Crippen molar-refractivity contribution in [1.82, 2.24) is 9.97 Å². The minimum Gasteiger partial charge on any atom is -0.261 e. The highest BCUT2D eigenvalue weighted by molar-refractivity contribution is 7.90. The molecule has 0 radical (unpaired) electrons. The molecular weight excluding hydrogens is 344 g/mol. The Hall–Kier alpha value is -2.24. The number of rotatable bonds is 3. The first-order chi connectivity index (χ1) is 11.4. The number of nitrogens with zero attached hydrogens (tertiary/aromatic N) is 2. The Balaban J connectivity index is 2.16. The normalized spacial score (nSPS) is 11.5. The lowest BCUT2D eigenvalue weighted by atomic mass is 10.00. The van der Waals surface area contributed by atoms with Crippen LogP contribution in [0.3, 0.4) is 0 Å². The van der Waals surface area contributed by atoms with Gasteiger partial charge in [0, 0.05) is 35.5 Å². The molecule has 0 fully saturated rings. The molecule has 122 valence electrons. The van der Waals surface area contributed by atoms with Crippen LogP contribution in [-0.4, -0.2) is 24.6 Å². The third-order valence-corrected chi connectivity index (χ3v) is 5.10. The highest BCUT2D eigenvalue weighted by Gasteiger charge is 2.14. The fourth-order valence-corrected chi connectivity index (χ4v) is 3.29. The summed E-state index contributed by atoms with van der Waals surface area (Å²) < 4.78 is 23.2. The number of sulfone groups is 1. The van der Waals surface area contributed by atoms with Gasteiger partial charge >= 0.3 is 0 Å². The molecule has 0 spiro atoms. The average molecular weight is 359 g/mol. The van der Waals surface area contributed by atoms with Crippen LogP contribution in [0.5, 0.6) is 0 Å². The molecule has 2 heterocycles. The first kappa shape index (κ1) is 16.6. The van der Waals surface area contributed by atoms with Crippen LogP contribution >= 0.6 is 11.6 Å². The summed E-state index contributed by atoms with van der Waals surface area (Å²) in [5, 5.41) is 0.549. The second-order valence-electron chi connectivity index (χ2n) is 5.50. The monoisotopic (exact) mass is 358 g/mol. The van der Waals surface area contributed by atoms with Crippen LogP contribution < -0.4 is 0 Å². The first-order valence-electron chi connectivity index (χ1n) is 7.24. The molecule has 0 saturated heterocycles. The molecule has 0 aliphatic carbocycles. The van der Waals surface area contributed by atoms with E-state index >= 15 is 0 Å². The van der Waals surface area contributed by atoms with E-state index in [-0.39, 0.29) is 4.90 Å². The molecule has 0 bridgehead atoms. The Kier molecular flexibility index (Phi) is 4.39. The summed E-state index contributed by atoms with van der Waals surface area (Å²) in [5.74, 6) is 0. The quantitative estimate of drug-likeness (QED) is 0.704. The summed E-state index contributed by atoms with van der Waals surface area (Å²) in [6, 6.07) is 12.2. The molecule has 0 unspecified atom stereocenters. The summed E-state index contributed by atoms with van der Waals surface area (Å²) in [6.07, 6.45) is 4.58. The summed E-state index contributed by atoms with van der Waals surface area (Å²) >= 11 is 6.40. The van der Waals surface area contributed by atoms with Gasteiger partial charge in [0.2, 0.25) is 0 Å². The van der Waals surface area contributed by atoms with Crippen LogP contribution in [0, 0.1) is 6.92 Å². The fourth-order valence-electron chi connectivity index (χ4n) is 2.41. The highest BCUT2D eigenvalue weighted by Crippen LogP contribution is 2.36. The van der Waals surface area contributed by atoms with Crippen LogP contribution in [0.2, 0.25) is 5.02 Å². The van der Waals surface area contributed by atoms with E-state index in [4.69, 9.17) is 11.6 Å². The Morgan fingerprint density at radius 2 is 1.58 bits per heavy atom. The first-order valence-corrected chi connectivity index (χ1v) is 9.51. The third kappa shape index (κ3) is 3.32. The lowest BCUT2D eigenvalue weighted by molar-refractivity contribution is 0.602. The number of aromatic nitrogens is 2. The molecule has 6 heteroatoms. The summed E-state index contributed by atoms with van der Waals surface area (Å²) in [5.41, 5.74) is 4.04. The minimum absolute atomic E-state index is 0.268. The van der Waals surface area contributed by atoms with E-state index in [1.165, 1.54) is 6.26 Å². The molecular formula is C18H15ClN2O2S. The Bertz CT molecular complexity index is 983. The highest BCUT2D eigenvalue weighted by atomic mass is 35.5. The lowest BCUT2D eigenvalue weighted by Crippen LogP contribution is -1.97. The van der Waals surface area contributed by atoms with Crippen LogP contribution in [0.15, 0.2) is 59.8 Å². The van der Waals surface area contributed by atoms with Gasteiger partial charge in [0.15, 0.2) is 9.84 Å². The van der Waals surface area contributed by atoms with Crippen molar-refractivity contribution in [2.24, 2.45) is 0 Å². The van der Waals surface area contributed by atoms with Gasteiger partial charge in [-0.3, -0.25) is 9.97 Å². The zero-order chi connectivity index (χ0) is 17.3. The minimum atomic E-state index is -3.24. The maximum Gasteiger partial charge on any atom is 0.175 e. The number of pyridine rings is 2. The van der Waals surface area contributed by atoms with Crippen molar-refractivity contribution >= 4 is 21.4 Å². The fraction of sp³-hybridized carbons (Fsp3) is 0.111. The van der Waals surface area contributed by atoms with Gasteiger partial charge in [0.05, 0.1) is 15.6 Å². The molecule has 0 saturated carbocycles. The molecule has 4 nitrogen and oxygen atoms in total. The van der Waals surface area contributed by atoms with Gasteiger partial charge in [-0.05, 0) is 42.8 Å². The average Bonchev–Trinajstić information content (AvgIpc) is 2.55. The molecule has 0 aliphatic rings. The van der Waals surface area contributed by atoms with Crippen molar-refractivity contribution in [2.75, 3.05) is 6.26 Å². The van der Waals surface area contributed by atoms with E-state index in [0.717, 1.165) is 22.4 Å². The Labute approximate surface area is 146 Å². The SMILES string of the molecule is Cc1ccc(-c2nccc(Cl)c2-c2ccc(S(C)(=O)=O)cc2)cn1. The van der Waals surface area contributed by atoms with Crippen molar-refractivity contribution in [2.45, 2.75) is 11.8 Å². The molecule has 3 aromatic rings. The van der Waals surface area contributed by atoms with Crippen molar-refractivity contribution in [3.05, 3.63) is 65.6 Å². The van der Waals surface area contributed by atoms with Gasteiger partial charge in [-0.1, -0.05) is 23.7 Å². The molecule has 0 atom stereocenters. The zero-order valence-electron chi connectivity index (χ0n) is 13.2. The van der Waals surface area contributed by atoms with E-state index < -0.39 is 9.84 Å². The Morgan fingerprint density at radius 1 is 0.917 bits per heavy atom. The second kappa shape index (κ2) is 6.34. The molecule has 0 aliphatic heterocycles. The number of hydrogen-bond acceptors (Lipinski definition) is 4. The van der Waals surface area contributed by atoms with Crippen molar-refractivity contribution in [3.8, 4) is 22.4 Å². The second-order valence-corrected chi connectivity index (χ2v) is 7.92. The lowest BCUT2D eigenvalue weighted by Gasteiger charge is -2.11. The maximum absolute atomic E-state index is 11.6. The van der Waals surface area contributed by atoms with Gasteiger partial charge < -0.3 is 0 Å². The van der Waals surface area contributed by atoms with Crippen LogP contribution in [0.25, 0.3) is 22.4 Å². The number of halogens is 1. The Morgan fingerprint density at radius 3 is 2.17 bits per heavy atom. The van der Waals surface area contributed by atoms with Crippen molar-refractivity contribution in [3.63, 3.8) is 0 Å². The topological polar surface area (TPSA) is 59.9 Å². The molecule has 24 heavy (non-hydrogen) atoms. The van der Waals surface area contributed by atoms with E-state index in [2.05, 4.69) is 9.97 Å². The summed E-state index contributed by atoms with van der Waals surface area (Å²) in [4.78, 5) is 9.02. The van der Waals surface area contributed by atoms with Crippen LogP contribution in [0.4, 0.5) is 0 Å². The van der Waals surface area contributed by atoms with Crippen LogP contribution in [-0.2, 0) is 9.84 Å². The number of benzene rings is 1. The maximum atomic E-state index is 11.6. The van der Waals surface area contributed by atoms with Gasteiger partial charge in [0.1, 0.15) is 0 Å². The summed E-state index contributed by atoms with van der Waals surface area (Å²) in [6.45, 7) is 1.92. The van der Waals surface area contributed by atoms with Gasteiger partial charge in [-0.15, -0.1) is 0 Å². The van der Waals surface area contributed by atoms with Gasteiger partial charge in [-0.2, -0.15) is 0 Å². The molecule has 2 aromatic heterocycles. The van der Waals surface area contributed by atoms with Crippen molar-refractivity contribution in [1.29, 1.82) is 0 Å². The molecule has 3 rings (SSSR count). The number of aryl methyl sites for hydroxylation is 1. The van der Waals surface area contributed by atoms with E-state index in [9.17, 15) is 8.42 Å². The largest absolute Gasteiger partial charge is 0.261 e. The predicted molar refractivity (Wildman–Crippen MR) is 95.8 cm³/mol. The van der Waals surface area contributed by atoms with E-state index in [1.807, 2.05) is 19.1 Å².